The van der Waals surface area contributed by atoms with Crippen molar-refractivity contribution in [2.24, 2.45) is 5.73 Å². The Bertz CT molecular complexity index is 533. The summed E-state index contributed by atoms with van der Waals surface area (Å²) in [6.45, 7) is 0.789. The standard InChI is InChI=1S/C12H14N4O/c1-14-8-9-3-2-4-10(7-9)16-6-5-11(15-16)12(13)17/h2-7,14H,8H2,1H3,(H2,13,17). The topological polar surface area (TPSA) is 72.9 Å². The van der Waals surface area contributed by atoms with Gasteiger partial charge in [0.15, 0.2) is 0 Å². The Balaban J connectivity index is 2.31. The molecule has 0 saturated carbocycles. The van der Waals surface area contributed by atoms with Crippen LogP contribution in [0.25, 0.3) is 5.69 Å². The van der Waals surface area contributed by atoms with Gasteiger partial charge in [-0.1, -0.05) is 12.1 Å². The molecule has 0 aliphatic heterocycles. The molecule has 0 atom stereocenters. The number of carbonyl (C=O) groups excluding carboxylic acids is 1. The highest BCUT2D eigenvalue weighted by atomic mass is 16.1. The molecule has 0 fully saturated rings. The van der Waals surface area contributed by atoms with Crippen molar-refractivity contribution in [3.63, 3.8) is 0 Å². The maximum atomic E-state index is 11.0. The number of nitrogens with zero attached hydrogens (tertiary/aromatic N) is 2. The molecule has 3 N–H and O–H groups in total. The summed E-state index contributed by atoms with van der Waals surface area (Å²) in [4.78, 5) is 11.0. The highest BCUT2D eigenvalue weighted by Crippen LogP contribution is 2.10. The molecule has 1 aromatic carbocycles. The average molecular weight is 230 g/mol. The van der Waals surface area contributed by atoms with E-state index in [1.54, 1.807) is 16.9 Å². The van der Waals surface area contributed by atoms with Gasteiger partial charge in [-0.2, -0.15) is 5.10 Å². The number of primary amides is 1. The first kappa shape index (κ1) is 11.3. The van der Waals surface area contributed by atoms with Gasteiger partial charge in [0.2, 0.25) is 0 Å². The van der Waals surface area contributed by atoms with Gasteiger partial charge in [-0.15, -0.1) is 0 Å². The number of hydrogen-bond donors (Lipinski definition) is 2. The quantitative estimate of drug-likeness (QED) is 0.811. The first-order valence-electron chi connectivity index (χ1n) is 5.30. The Hall–Kier alpha value is -2.14. The molecule has 1 aromatic heterocycles. The molecule has 0 aliphatic rings. The van der Waals surface area contributed by atoms with Gasteiger partial charge in [0.1, 0.15) is 5.69 Å². The van der Waals surface area contributed by atoms with Crippen LogP contribution in [0, 0.1) is 0 Å². The summed E-state index contributed by atoms with van der Waals surface area (Å²) < 4.78 is 1.64. The SMILES string of the molecule is CNCc1cccc(-n2ccc(C(N)=O)n2)c1. The summed E-state index contributed by atoms with van der Waals surface area (Å²) >= 11 is 0. The lowest BCUT2D eigenvalue weighted by molar-refractivity contribution is 0.0995. The first-order chi connectivity index (χ1) is 8.20. The Kier molecular flexibility index (Phi) is 3.20. The van der Waals surface area contributed by atoms with Crippen LogP contribution in [0.3, 0.4) is 0 Å². The smallest absolute Gasteiger partial charge is 0.269 e. The molecule has 0 aliphatic carbocycles. The normalized spacial score (nSPS) is 10.4. The van der Waals surface area contributed by atoms with E-state index in [9.17, 15) is 4.79 Å². The van der Waals surface area contributed by atoms with Crippen LogP contribution in [0.5, 0.6) is 0 Å². The third kappa shape index (κ3) is 2.51. The number of hydrogen-bond acceptors (Lipinski definition) is 3. The van der Waals surface area contributed by atoms with Crippen LogP contribution in [-0.4, -0.2) is 22.7 Å². The van der Waals surface area contributed by atoms with Crippen molar-refractivity contribution in [2.75, 3.05) is 7.05 Å². The summed E-state index contributed by atoms with van der Waals surface area (Å²) in [5.41, 5.74) is 7.49. The van der Waals surface area contributed by atoms with Crippen LogP contribution in [0.15, 0.2) is 36.5 Å². The van der Waals surface area contributed by atoms with Crippen molar-refractivity contribution in [1.82, 2.24) is 15.1 Å². The minimum atomic E-state index is -0.518. The predicted molar refractivity (Wildman–Crippen MR) is 64.8 cm³/mol. The predicted octanol–water partition coefficient (Wildman–Crippen LogP) is 0.691. The van der Waals surface area contributed by atoms with E-state index >= 15 is 0 Å². The van der Waals surface area contributed by atoms with Gasteiger partial charge in [0.05, 0.1) is 5.69 Å². The maximum absolute atomic E-state index is 11.0. The van der Waals surface area contributed by atoms with Gasteiger partial charge in [-0.25, -0.2) is 4.68 Å². The summed E-state index contributed by atoms with van der Waals surface area (Å²) in [6, 6.07) is 9.52. The highest BCUT2D eigenvalue weighted by molar-refractivity contribution is 5.90. The number of nitrogens with one attached hydrogen (secondary N) is 1. The molecule has 2 aromatic rings. The van der Waals surface area contributed by atoms with Crippen molar-refractivity contribution in [2.45, 2.75) is 6.54 Å². The molecule has 1 amide bonds. The Morgan fingerprint density at radius 2 is 2.29 bits per heavy atom. The second-order valence-electron chi connectivity index (χ2n) is 3.71. The fourth-order valence-corrected chi connectivity index (χ4v) is 1.61. The molecule has 0 bridgehead atoms. The number of rotatable bonds is 4. The number of benzene rings is 1. The first-order valence-corrected chi connectivity index (χ1v) is 5.30. The van der Waals surface area contributed by atoms with E-state index in [0.29, 0.717) is 0 Å². The zero-order valence-corrected chi connectivity index (χ0v) is 9.55. The molecule has 0 saturated heterocycles. The number of nitrogens with two attached hydrogens (primary N) is 1. The van der Waals surface area contributed by atoms with E-state index in [1.165, 1.54) is 0 Å². The third-order valence-electron chi connectivity index (χ3n) is 2.40. The minimum Gasteiger partial charge on any atom is -0.364 e. The number of amides is 1. The lowest BCUT2D eigenvalue weighted by atomic mass is 10.2. The van der Waals surface area contributed by atoms with Crippen LogP contribution in [-0.2, 0) is 6.54 Å². The Labute approximate surface area is 99.2 Å². The van der Waals surface area contributed by atoms with Crippen molar-refractivity contribution >= 4 is 5.91 Å². The molecule has 5 heteroatoms. The summed E-state index contributed by atoms with van der Waals surface area (Å²) in [6.07, 6.45) is 1.72. The fourth-order valence-electron chi connectivity index (χ4n) is 1.61. The van der Waals surface area contributed by atoms with Gasteiger partial charge in [0, 0.05) is 12.7 Å². The van der Waals surface area contributed by atoms with Crippen LogP contribution >= 0.6 is 0 Å². The van der Waals surface area contributed by atoms with Crippen LogP contribution < -0.4 is 11.1 Å². The fraction of sp³-hybridized carbons (Fsp3) is 0.167. The van der Waals surface area contributed by atoms with Crippen molar-refractivity contribution in [1.29, 1.82) is 0 Å². The van der Waals surface area contributed by atoms with Crippen molar-refractivity contribution in [3.8, 4) is 5.69 Å². The average Bonchev–Trinajstić information content (AvgIpc) is 2.79. The van der Waals surface area contributed by atoms with Gasteiger partial charge in [-0.05, 0) is 30.8 Å². The monoisotopic (exact) mass is 230 g/mol. The molecule has 0 unspecified atom stereocenters. The van der Waals surface area contributed by atoms with Gasteiger partial charge >= 0.3 is 0 Å². The Morgan fingerprint density at radius 1 is 1.47 bits per heavy atom. The van der Waals surface area contributed by atoms with Crippen LogP contribution in [0.1, 0.15) is 16.1 Å². The zero-order valence-electron chi connectivity index (χ0n) is 9.55. The van der Waals surface area contributed by atoms with Gasteiger partial charge in [0.25, 0.3) is 5.91 Å². The second-order valence-corrected chi connectivity index (χ2v) is 3.71. The molecule has 0 spiro atoms. The van der Waals surface area contributed by atoms with E-state index in [4.69, 9.17) is 5.73 Å². The van der Waals surface area contributed by atoms with Crippen molar-refractivity contribution in [3.05, 3.63) is 47.8 Å². The summed E-state index contributed by atoms with van der Waals surface area (Å²) in [5.74, 6) is -0.518. The van der Waals surface area contributed by atoms with Gasteiger partial charge in [-0.3, -0.25) is 4.79 Å². The molecule has 0 radical (unpaired) electrons. The van der Waals surface area contributed by atoms with E-state index in [-0.39, 0.29) is 5.69 Å². The van der Waals surface area contributed by atoms with Gasteiger partial charge < -0.3 is 11.1 Å². The second kappa shape index (κ2) is 4.80. The van der Waals surface area contributed by atoms with E-state index < -0.39 is 5.91 Å². The molecule has 1 heterocycles. The van der Waals surface area contributed by atoms with E-state index in [1.807, 2.05) is 31.3 Å². The van der Waals surface area contributed by atoms with Crippen LogP contribution in [0.4, 0.5) is 0 Å². The third-order valence-corrected chi connectivity index (χ3v) is 2.40. The summed E-state index contributed by atoms with van der Waals surface area (Å²) in [5, 5.41) is 7.19. The molecule has 5 nitrogen and oxygen atoms in total. The molecular formula is C12H14N4O. The number of carbonyl (C=O) groups is 1. The van der Waals surface area contributed by atoms with Crippen LogP contribution in [0.2, 0.25) is 0 Å². The molecule has 2 rings (SSSR count). The minimum absolute atomic E-state index is 0.268. The molecule has 17 heavy (non-hydrogen) atoms. The summed E-state index contributed by atoms with van der Waals surface area (Å²) in [7, 11) is 1.89. The lowest BCUT2D eigenvalue weighted by Crippen LogP contribution is -2.12. The molecular weight excluding hydrogens is 216 g/mol. The maximum Gasteiger partial charge on any atom is 0.269 e. The van der Waals surface area contributed by atoms with Crippen molar-refractivity contribution < 1.29 is 4.79 Å². The molecule has 88 valence electrons. The highest BCUT2D eigenvalue weighted by Gasteiger charge is 2.05. The lowest BCUT2D eigenvalue weighted by Gasteiger charge is -2.04. The Morgan fingerprint density at radius 3 is 2.94 bits per heavy atom. The zero-order chi connectivity index (χ0) is 12.3. The number of aromatic nitrogens is 2. The van der Waals surface area contributed by atoms with E-state index in [0.717, 1.165) is 17.8 Å². The van der Waals surface area contributed by atoms with E-state index in [2.05, 4.69) is 10.4 Å². The largest absolute Gasteiger partial charge is 0.364 e.